The lowest BCUT2D eigenvalue weighted by Gasteiger charge is -2.11. The SMILES string of the molecule is O=S(=O)(CCCC(F)(F)F)Nc1c(F)cc(Br)cc1F. The average molecular weight is 382 g/mol. The molecular weight excluding hydrogens is 373 g/mol. The summed E-state index contributed by atoms with van der Waals surface area (Å²) in [6.07, 6.45) is -6.47. The standard InChI is InChI=1S/C10H9BrF5NO2S/c11-6-4-7(12)9(8(13)5-6)17-20(18,19)3-1-2-10(14,15)16/h4-5,17H,1-3H2. The summed E-state index contributed by atoms with van der Waals surface area (Å²) in [4.78, 5) is 0. The maximum Gasteiger partial charge on any atom is 0.389 e. The van der Waals surface area contributed by atoms with Gasteiger partial charge in [-0.25, -0.2) is 17.2 Å². The minimum absolute atomic E-state index is 0.0625. The Morgan fingerprint density at radius 3 is 2.10 bits per heavy atom. The van der Waals surface area contributed by atoms with Crippen LogP contribution < -0.4 is 4.72 Å². The van der Waals surface area contributed by atoms with Gasteiger partial charge in [0.05, 0.1) is 5.75 Å². The van der Waals surface area contributed by atoms with Gasteiger partial charge in [-0.1, -0.05) is 15.9 Å². The van der Waals surface area contributed by atoms with Crippen molar-refractivity contribution in [2.75, 3.05) is 10.5 Å². The Morgan fingerprint density at radius 2 is 1.65 bits per heavy atom. The van der Waals surface area contributed by atoms with Crippen molar-refractivity contribution in [3.05, 3.63) is 28.2 Å². The zero-order chi connectivity index (χ0) is 15.6. The highest BCUT2D eigenvalue weighted by Gasteiger charge is 2.27. The molecule has 0 saturated heterocycles. The van der Waals surface area contributed by atoms with Gasteiger partial charge in [0.2, 0.25) is 10.0 Å². The van der Waals surface area contributed by atoms with Crippen LogP contribution in [0.2, 0.25) is 0 Å². The molecule has 0 aliphatic carbocycles. The molecule has 0 spiro atoms. The van der Waals surface area contributed by atoms with Gasteiger partial charge in [-0.15, -0.1) is 0 Å². The first-order valence-electron chi connectivity index (χ1n) is 5.22. The van der Waals surface area contributed by atoms with Crippen molar-refractivity contribution in [3.63, 3.8) is 0 Å². The molecule has 10 heteroatoms. The van der Waals surface area contributed by atoms with Gasteiger partial charge in [0.15, 0.2) is 11.6 Å². The molecule has 0 heterocycles. The van der Waals surface area contributed by atoms with E-state index >= 15 is 0 Å². The van der Waals surface area contributed by atoms with Crippen molar-refractivity contribution in [2.24, 2.45) is 0 Å². The average Bonchev–Trinajstić information content (AvgIpc) is 2.21. The van der Waals surface area contributed by atoms with Crippen LogP contribution in [0, 0.1) is 11.6 Å². The van der Waals surface area contributed by atoms with Gasteiger partial charge in [-0.2, -0.15) is 13.2 Å². The minimum Gasteiger partial charge on any atom is -0.278 e. The number of hydrogen-bond acceptors (Lipinski definition) is 2. The molecule has 0 aliphatic rings. The lowest BCUT2D eigenvalue weighted by Crippen LogP contribution is -2.20. The fourth-order valence-corrected chi connectivity index (χ4v) is 2.84. The molecule has 20 heavy (non-hydrogen) atoms. The molecule has 0 radical (unpaired) electrons. The van der Waals surface area contributed by atoms with E-state index in [0.29, 0.717) is 0 Å². The molecule has 114 valence electrons. The fraction of sp³-hybridized carbons (Fsp3) is 0.400. The van der Waals surface area contributed by atoms with Gasteiger partial charge >= 0.3 is 6.18 Å². The van der Waals surface area contributed by atoms with Crippen molar-refractivity contribution < 1.29 is 30.4 Å². The summed E-state index contributed by atoms with van der Waals surface area (Å²) in [5.74, 6) is -3.23. The van der Waals surface area contributed by atoms with Crippen LogP contribution in [0.25, 0.3) is 0 Å². The Hall–Kier alpha value is -0.900. The van der Waals surface area contributed by atoms with Crippen LogP contribution in [0.3, 0.4) is 0 Å². The van der Waals surface area contributed by atoms with E-state index in [4.69, 9.17) is 0 Å². The molecule has 1 aromatic rings. The van der Waals surface area contributed by atoms with Crippen molar-refractivity contribution in [1.82, 2.24) is 0 Å². The van der Waals surface area contributed by atoms with Gasteiger partial charge in [0.25, 0.3) is 0 Å². The zero-order valence-corrected chi connectivity index (χ0v) is 12.2. The fourth-order valence-electron chi connectivity index (χ4n) is 1.31. The van der Waals surface area contributed by atoms with Crippen molar-refractivity contribution in [2.45, 2.75) is 19.0 Å². The summed E-state index contributed by atoms with van der Waals surface area (Å²) < 4.78 is 87.0. The van der Waals surface area contributed by atoms with E-state index in [1.54, 1.807) is 4.72 Å². The van der Waals surface area contributed by atoms with E-state index in [1.807, 2.05) is 0 Å². The predicted molar refractivity (Wildman–Crippen MR) is 66.8 cm³/mol. The lowest BCUT2D eigenvalue weighted by molar-refractivity contribution is -0.134. The summed E-state index contributed by atoms with van der Waals surface area (Å²) in [6.45, 7) is 0. The number of nitrogens with one attached hydrogen (secondary N) is 1. The second-order valence-electron chi connectivity index (χ2n) is 3.88. The first-order chi connectivity index (χ1) is 9.00. The van der Waals surface area contributed by atoms with E-state index < -0.39 is 52.1 Å². The zero-order valence-electron chi connectivity index (χ0n) is 9.77. The molecule has 0 fully saturated rings. The number of rotatable bonds is 5. The maximum absolute atomic E-state index is 13.4. The normalized spacial score (nSPS) is 12.5. The van der Waals surface area contributed by atoms with Gasteiger partial charge in [-0.3, -0.25) is 4.72 Å². The number of sulfonamides is 1. The largest absolute Gasteiger partial charge is 0.389 e. The van der Waals surface area contributed by atoms with Crippen LogP contribution in [0.4, 0.5) is 27.6 Å². The summed E-state index contributed by atoms with van der Waals surface area (Å²) in [5, 5.41) is 0. The molecule has 0 bridgehead atoms. The maximum atomic E-state index is 13.4. The number of anilines is 1. The third kappa shape index (κ3) is 5.61. The Bertz CT molecular complexity index is 565. The predicted octanol–water partition coefficient (Wildman–Crippen LogP) is 3.81. The van der Waals surface area contributed by atoms with Gasteiger partial charge in [0, 0.05) is 10.9 Å². The number of halogens is 6. The smallest absolute Gasteiger partial charge is 0.278 e. The van der Waals surface area contributed by atoms with Gasteiger partial charge < -0.3 is 0 Å². The molecule has 1 N–H and O–H groups in total. The monoisotopic (exact) mass is 381 g/mol. The molecule has 0 aromatic heterocycles. The molecule has 0 amide bonds. The first-order valence-corrected chi connectivity index (χ1v) is 7.66. The lowest BCUT2D eigenvalue weighted by atomic mass is 10.3. The van der Waals surface area contributed by atoms with Crippen LogP contribution in [-0.2, 0) is 10.0 Å². The number of hydrogen-bond donors (Lipinski definition) is 1. The number of alkyl halides is 3. The Morgan fingerprint density at radius 1 is 1.15 bits per heavy atom. The van der Waals surface area contributed by atoms with E-state index in [2.05, 4.69) is 15.9 Å². The van der Waals surface area contributed by atoms with Crippen LogP contribution >= 0.6 is 15.9 Å². The third-order valence-corrected chi connectivity index (χ3v) is 3.94. The van der Waals surface area contributed by atoms with Gasteiger partial charge in [0.1, 0.15) is 5.69 Å². The molecule has 0 aliphatic heterocycles. The molecule has 1 aromatic carbocycles. The van der Waals surface area contributed by atoms with Crippen molar-refractivity contribution in [3.8, 4) is 0 Å². The quantitative estimate of drug-likeness (QED) is 0.788. The highest BCUT2D eigenvalue weighted by Crippen LogP contribution is 2.25. The summed E-state index contributed by atoms with van der Waals surface area (Å²) in [6, 6.07) is 1.66. The Balaban J connectivity index is 2.77. The van der Waals surface area contributed by atoms with E-state index in [0.717, 1.165) is 12.1 Å². The van der Waals surface area contributed by atoms with E-state index in [-0.39, 0.29) is 4.47 Å². The van der Waals surface area contributed by atoms with Crippen LogP contribution in [0.5, 0.6) is 0 Å². The van der Waals surface area contributed by atoms with Crippen LogP contribution in [0.1, 0.15) is 12.8 Å². The van der Waals surface area contributed by atoms with E-state index in [1.165, 1.54) is 0 Å². The molecule has 3 nitrogen and oxygen atoms in total. The molecular formula is C10H9BrF5NO2S. The summed E-state index contributed by atoms with van der Waals surface area (Å²) >= 11 is 2.81. The Labute approximate surface area is 120 Å². The highest BCUT2D eigenvalue weighted by atomic mass is 79.9. The van der Waals surface area contributed by atoms with Crippen molar-refractivity contribution in [1.29, 1.82) is 0 Å². The van der Waals surface area contributed by atoms with Crippen molar-refractivity contribution >= 4 is 31.6 Å². The minimum atomic E-state index is -4.48. The molecule has 0 saturated carbocycles. The topological polar surface area (TPSA) is 46.2 Å². The third-order valence-electron chi connectivity index (χ3n) is 2.14. The highest BCUT2D eigenvalue weighted by molar-refractivity contribution is 9.10. The van der Waals surface area contributed by atoms with E-state index in [9.17, 15) is 30.4 Å². The van der Waals surface area contributed by atoms with Gasteiger partial charge in [-0.05, 0) is 18.6 Å². The molecule has 0 unspecified atom stereocenters. The van der Waals surface area contributed by atoms with Crippen LogP contribution in [0.15, 0.2) is 16.6 Å². The second kappa shape index (κ2) is 6.25. The first kappa shape index (κ1) is 17.2. The summed E-state index contributed by atoms with van der Waals surface area (Å²) in [5.41, 5.74) is -0.916. The second-order valence-corrected chi connectivity index (χ2v) is 6.64. The summed E-state index contributed by atoms with van der Waals surface area (Å²) in [7, 11) is -4.26. The molecule has 1 rings (SSSR count). The van der Waals surface area contributed by atoms with Crippen LogP contribution in [-0.4, -0.2) is 20.3 Å². The number of benzene rings is 1. The Kier molecular flexibility index (Phi) is 5.36. The molecule has 0 atom stereocenters.